The quantitative estimate of drug-likeness (QED) is 0.486. The van der Waals surface area contributed by atoms with Gasteiger partial charge in [0.2, 0.25) is 5.88 Å². The molecule has 2 aromatic carbocycles. The molecule has 4 rings (SSSR count). The number of hydrogen-bond donors (Lipinski definition) is 1. The van der Waals surface area contributed by atoms with Crippen molar-refractivity contribution in [2.75, 3.05) is 4.72 Å². The second kappa shape index (κ2) is 8.11. The molecule has 4 aromatic rings. The van der Waals surface area contributed by atoms with E-state index in [-0.39, 0.29) is 11.6 Å². The van der Waals surface area contributed by atoms with Gasteiger partial charge in [0.15, 0.2) is 5.82 Å². The molecule has 2 heterocycles. The van der Waals surface area contributed by atoms with E-state index in [1.54, 1.807) is 29.1 Å². The topological polar surface area (TPSA) is 99.0 Å². The van der Waals surface area contributed by atoms with Crippen LogP contribution < -0.4 is 9.46 Å². The van der Waals surface area contributed by atoms with E-state index in [1.165, 1.54) is 24.3 Å². The number of hydrogen-bond acceptors (Lipinski definition) is 6. The summed E-state index contributed by atoms with van der Waals surface area (Å²) in [6.45, 7) is 1.84. The molecular formula is C20H15F2N5O3S. The van der Waals surface area contributed by atoms with Crippen LogP contribution in [0.3, 0.4) is 0 Å². The maximum atomic E-state index is 13.3. The van der Waals surface area contributed by atoms with Gasteiger partial charge >= 0.3 is 0 Å². The third kappa shape index (κ3) is 4.67. The predicted octanol–water partition coefficient (Wildman–Crippen LogP) is 3.84. The Balaban J connectivity index is 1.45. The zero-order chi connectivity index (χ0) is 22.0. The van der Waals surface area contributed by atoms with Gasteiger partial charge in [-0.1, -0.05) is 0 Å². The van der Waals surface area contributed by atoms with Crippen LogP contribution >= 0.6 is 0 Å². The fourth-order valence-corrected chi connectivity index (χ4v) is 3.83. The molecule has 0 spiro atoms. The van der Waals surface area contributed by atoms with Gasteiger partial charge in [0.25, 0.3) is 10.0 Å². The average molecular weight is 443 g/mol. The fraction of sp³-hybridized carbons (Fsp3) is 0.0500. The lowest BCUT2D eigenvalue weighted by molar-refractivity contribution is 0.454. The predicted molar refractivity (Wildman–Crippen MR) is 108 cm³/mol. The van der Waals surface area contributed by atoms with E-state index in [0.29, 0.717) is 17.6 Å². The lowest BCUT2D eigenvalue weighted by atomic mass is 10.3. The van der Waals surface area contributed by atoms with Gasteiger partial charge in [-0.25, -0.2) is 22.2 Å². The number of anilines is 1. The minimum absolute atomic E-state index is 0.189. The van der Waals surface area contributed by atoms with Gasteiger partial charge in [-0.05, 0) is 49.4 Å². The minimum atomic E-state index is -4.16. The van der Waals surface area contributed by atoms with Crippen molar-refractivity contribution in [1.82, 2.24) is 19.7 Å². The molecule has 0 aliphatic carbocycles. The van der Waals surface area contributed by atoms with Crippen molar-refractivity contribution in [3.8, 4) is 17.4 Å². The summed E-state index contributed by atoms with van der Waals surface area (Å²) < 4.78 is 60.9. The molecular weight excluding hydrogens is 428 g/mol. The lowest BCUT2D eigenvalue weighted by Crippen LogP contribution is -2.13. The van der Waals surface area contributed by atoms with Crippen molar-refractivity contribution in [3.63, 3.8) is 0 Å². The Labute approximate surface area is 176 Å². The van der Waals surface area contributed by atoms with Crippen molar-refractivity contribution in [2.24, 2.45) is 0 Å². The summed E-state index contributed by atoms with van der Waals surface area (Å²) in [6, 6.07) is 11.3. The maximum Gasteiger partial charge on any atom is 0.262 e. The highest BCUT2D eigenvalue weighted by molar-refractivity contribution is 7.92. The molecule has 0 aliphatic rings. The first-order valence-corrected chi connectivity index (χ1v) is 10.4. The highest BCUT2D eigenvalue weighted by Crippen LogP contribution is 2.24. The van der Waals surface area contributed by atoms with Crippen molar-refractivity contribution in [1.29, 1.82) is 0 Å². The van der Waals surface area contributed by atoms with Gasteiger partial charge < -0.3 is 4.74 Å². The number of imidazole rings is 1. The highest BCUT2D eigenvalue weighted by atomic mass is 32.2. The Kier molecular flexibility index (Phi) is 5.34. The van der Waals surface area contributed by atoms with Crippen LogP contribution in [-0.2, 0) is 10.0 Å². The van der Waals surface area contributed by atoms with Gasteiger partial charge in [0.05, 0.1) is 4.90 Å². The molecule has 8 nitrogen and oxygen atoms in total. The van der Waals surface area contributed by atoms with E-state index >= 15 is 0 Å². The zero-order valence-electron chi connectivity index (χ0n) is 16.0. The largest absolute Gasteiger partial charge is 0.438 e. The van der Waals surface area contributed by atoms with Crippen LogP contribution in [0.25, 0.3) is 5.82 Å². The Bertz CT molecular complexity index is 1300. The molecule has 1 N–H and O–H groups in total. The molecule has 0 saturated carbocycles. The van der Waals surface area contributed by atoms with Crippen LogP contribution in [0.2, 0.25) is 0 Å². The summed E-state index contributed by atoms with van der Waals surface area (Å²) in [7, 11) is -4.16. The summed E-state index contributed by atoms with van der Waals surface area (Å²) in [5.41, 5.74) is 0.189. The molecule has 0 atom stereocenters. The monoisotopic (exact) mass is 443 g/mol. The van der Waals surface area contributed by atoms with E-state index in [0.717, 1.165) is 18.0 Å². The first-order chi connectivity index (χ1) is 14.8. The number of nitrogens with one attached hydrogen (secondary N) is 1. The molecule has 0 fully saturated rings. The first-order valence-electron chi connectivity index (χ1n) is 8.91. The Morgan fingerprint density at radius 2 is 1.68 bits per heavy atom. The number of sulfonamides is 1. The minimum Gasteiger partial charge on any atom is -0.438 e. The van der Waals surface area contributed by atoms with Gasteiger partial charge in [-0.2, -0.15) is 0 Å². The molecule has 0 bridgehead atoms. The van der Waals surface area contributed by atoms with E-state index in [4.69, 9.17) is 4.74 Å². The fourth-order valence-electron chi connectivity index (χ4n) is 2.73. The molecule has 31 heavy (non-hydrogen) atoms. The second-order valence-corrected chi connectivity index (χ2v) is 8.09. The Hall–Kier alpha value is -3.86. The van der Waals surface area contributed by atoms with Crippen molar-refractivity contribution in [2.45, 2.75) is 11.8 Å². The third-order valence-electron chi connectivity index (χ3n) is 4.17. The zero-order valence-corrected chi connectivity index (χ0v) is 16.8. The van der Waals surface area contributed by atoms with Gasteiger partial charge in [0.1, 0.15) is 23.2 Å². The molecule has 0 amide bonds. The molecule has 11 heteroatoms. The SMILES string of the molecule is Cc1nccn1-c1ccc(Oc2ccc(NS(=O)(=O)c3cc(F)cc(F)c3)cc2)nn1. The van der Waals surface area contributed by atoms with Gasteiger partial charge in [-0.15, -0.1) is 10.2 Å². The van der Waals surface area contributed by atoms with Crippen molar-refractivity contribution >= 4 is 15.7 Å². The van der Waals surface area contributed by atoms with Gasteiger partial charge in [-0.3, -0.25) is 9.29 Å². The number of benzene rings is 2. The van der Waals surface area contributed by atoms with Crippen molar-refractivity contribution < 1.29 is 21.9 Å². The van der Waals surface area contributed by atoms with Crippen LogP contribution in [-0.4, -0.2) is 28.2 Å². The molecule has 158 valence electrons. The summed E-state index contributed by atoms with van der Waals surface area (Å²) >= 11 is 0. The first kappa shape index (κ1) is 20.4. The van der Waals surface area contributed by atoms with E-state index < -0.39 is 26.6 Å². The molecule has 0 unspecified atom stereocenters. The maximum absolute atomic E-state index is 13.3. The normalized spacial score (nSPS) is 11.3. The average Bonchev–Trinajstić information content (AvgIpc) is 3.15. The Morgan fingerprint density at radius 3 is 2.26 bits per heavy atom. The van der Waals surface area contributed by atoms with Crippen LogP contribution in [0.5, 0.6) is 11.6 Å². The summed E-state index contributed by atoms with van der Waals surface area (Å²) in [4.78, 5) is 3.60. The smallest absolute Gasteiger partial charge is 0.262 e. The van der Waals surface area contributed by atoms with Crippen LogP contribution in [0.4, 0.5) is 14.5 Å². The number of halogens is 2. The number of aromatic nitrogens is 4. The number of ether oxygens (including phenoxy) is 1. The molecule has 0 aliphatic heterocycles. The standard InChI is InChI=1S/C20H15F2N5O3S/c1-13-23-8-9-27(13)19-6-7-20(25-24-19)30-17-4-2-16(3-5-17)26-31(28,29)18-11-14(21)10-15(22)12-18/h2-12,26H,1H3. The summed E-state index contributed by atoms with van der Waals surface area (Å²) in [5.74, 6) is 0.00692. The van der Waals surface area contributed by atoms with E-state index in [2.05, 4.69) is 19.9 Å². The Morgan fingerprint density at radius 1 is 0.968 bits per heavy atom. The molecule has 2 aromatic heterocycles. The molecule has 0 saturated heterocycles. The number of nitrogens with zero attached hydrogens (tertiary/aromatic N) is 4. The van der Waals surface area contributed by atoms with Crippen LogP contribution in [0, 0.1) is 18.6 Å². The van der Waals surface area contributed by atoms with Crippen LogP contribution in [0.1, 0.15) is 5.82 Å². The number of aryl methyl sites for hydroxylation is 1. The van der Waals surface area contributed by atoms with Gasteiger partial charge in [0, 0.05) is 30.2 Å². The molecule has 0 radical (unpaired) electrons. The van der Waals surface area contributed by atoms with E-state index in [1.807, 2.05) is 6.92 Å². The van der Waals surface area contributed by atoms with Crippen LogP contribution in [0.15, 0.2) is 71.9 Å². The van der Waals surface area contributed by atoms with Crippen molar-refractivity contribution in [3.05, 3.63) is 84.4 Å². The second-order valence-electron chi connectivity index (χ2n) is 6.41. The summed E-state index contributed by atoms with van der Waals surface area (Å²) in [5, 5.41) is 8.09. The summed E-state index contributed by atoms with van der Waals surface area (Å²) in [6.07, 6.45) is 3.42. The third-order valence-corrected chi connectivity index (χ3v) is 5.53. The van der Waals surface area contributed by atoms with E-state index in [9.17, 15) is 17.2 Å². The highest BCUT2D eigenvalue weighted by Gasteiger charge is 2.17. The number of rotatable bonds is 6. The lowest BCUT2D eigenvalue weighted by Gasteiger charge is -2.10.